The number of aryl methyl sites for hydroxylation is 1. The van der Waals surface area contributed by atoms with E-state index in [0.717, 1.165) is 45.6 Å². The third-order valence-corrected chi connectivity index (χ3v) is 5.42. The van der Waals surface area contributed by atoms with E-state index in [1.807, 2.05) is 31.2 Å². The van der Waals surface area contributed by atoms with Gasteiger partial charge in [0.1, 0.15) is 23.7 Å². The quantitative estimate of drug-likeness (QED) is 0.334. The highest BCUT2D eigenvalue weighted by Gasteiger charge is 2.19. The summed E-state index contributed by atoms with van der Waals surface area (Å²) in [6.07, 6.45) is 2.92. The van der Waals surface area contributed by atoms with Gasteiger partial charge in [-0.2, -0.15) is 0 Å². The molecule has 0 aliphatic rings. The van der Waals surface area contributed by atoms with Gasteiger partial charge in [0.25, 0.3) is 0 Å². The SMILES string of the molecule is C=C(Nc1cccc(Cc2ncnc3cc(O)c(CC)cc23)c1)Nc1cc(C(C)(C)C)on1. The summed E-state index contributed by atoms with van der Waals surface area (Å²) in [4.78, 5) is 8.83. The van der Waals surface area contributed by atoms with Crippen LogP contribution in [0.4, 0.5) is 11.5 Å². The lowest BCUT2D eigenvalue weighted by molar-refractivity contribution is 0.331. The van der Waals surface area contributed by atoms with Crippen molar-refractivity contribution in [2.45, 2.75) is 46.0 Å². The van der Waals surface area contributed by atoms with Crippen molar-refractivity contribution in [1.82, 2.24) is 15.1 Å². The number of phenols is 1. The summed E-state index contributed by atoms with van der Waals surface area (Å²) in [5.41, 5.74) is 4.42. The van der Waals surface area contributed by atoms with Crippen molar-refractivity contribution >= 4 is 22.4 Å². The Bertz CT molecular complexity index is 1300. The highest BCUT2D eigenvalue weighted by atomic mass is 16.5. The lowest BCUT2D eigenvalue weighted by Crippen LogP contribution is -2.10. The Labute approximate surface area is 193 Å². The number of nitrogens with zero attached hydrogens (tertiary/aromatic N) is 3. The second kappa shape index (κ2) is 8.94. The van der Waals surface area contributed by atoms with Gasteiger partial charge in [0.05, 0.1) is 11.2 Å². The average molecular weight is 444 g/mol. The van der Waals surface area contributed by atoms with Crippen LogP contribution < -0.4 is 10.6 Å². The number of aromatic hydroxyl groups is 1. The maximum absolute atomic E-state index is 10.2. The van der Waals surface area contributed by atoms with Crippen molar-refractivity contribution in [3.63, 3.8) is 0 Å². The van der Waals surface area contributed by atoms with Gasteiger partial charge in [-0.15, -0.1) is 0 Å². The summed E-state index contributed by atoms with van der Waals surface area (Å²) in [6, 6.07) is 13.7. The van der Waals surface area contributed by atoms with Crippen LogP contribution in [0.1, 0.15) is 50.3 Å². The Morgan fingerprint density at radius 2 is 1.91 bits per heavy atom. The molecule has 7 heteroatoms. The molecule has 4 rings (SSSR count). The Morgan fingerprint density at radius 3 is 2.64 bits per heavy atom. The lowest BCUT2D eigenvalue weighted by atomic mass is 9.93. The summed E-state index contributed by atoms with van der Waals surface area (Å²) >= 11 is 0. The summed E-state index contributed by atoms with van der Waals surface area (Å²) < 4.78 is 5.42. The molecule has 0 amide bonds. The van der Waals surface area contributed by atoms with Crippen LogP contribution in [0.2, 0.25) is 0 Å². The normalized spacial score (nSPS) is 11.5. The molecule has 0 atom stereocenters. The fraction of sp³-hybridized carbons (Fsp3) is 0.269. The molecule has 7 nitrogen and oxygen atoms in total. The van der Waals surface area contributed by atoms with E-state index in [4.69, 9.17) is 4.52 Å². The Hall–Kier alpha value is -3.87. The zero-order valence-corrected chi connectivity index (χ0v) is 19.4. The van der Waals surface area contributed by atoms with Crippen LogP contribution in [-0.4, -0.2) is 20.2 Å². The number of hydrogen-bond acceptors (Lipinski definition) is 7. The van der Waals surface area contributed by atoms with E-state index < -0.39 is 0 Å². The van der Waals surface area contributed by atoms with Gasteiger partial charge < -0.3 is 20.3 Å². The van der Waals surface area contributed by atoms with Crippen molar-refractivity contribution in [1.29, 1.82) is 0 Å². The summed E-state index contributed by atoms with van der Waals surface area (Å²) in [5.74, 6) is 2.28. The maximum atomic E-state index is 10.2. The van der Waals surface area contributed by atoms with Crippen LogP contribution in [0.3, 0.4) is 0 Å². The van der Waals surface area contributed by atoms with Crippen LogP contribution in [0.5, 0.6) is 5.75 Å². The Kier molecular flexibility index (Phi) is 6.05. The fourth-order valence-corrected chi connectivity index (χ4v) is 3.61. The maximum Gasteiger partial charge on any atom is 0.175 e. The van der Waals surface area contributed by atoms with Crippen LogP contribution in [0.15, 0.2) is 65.7 Å². The van der Waals surface area contributed by atoms with Gasteiger partial charge >= 0.3 is 0 Å². The highest BCUT2D eigenvalue weighted by Crippen LogP contribution is 2.28. The molecule has 0 saturated heterocycles. The molecular formula is C26H29N5O2. The zero-order chi connectivity index (χ0) is 23.6. The van der Waals surface area contributed by atoms with Gasteiger partial charge in [0.15, 0.2) is 5.82 Å². The zero-order valence-electron chi connectivity index (χ0n) is 19.4. The number of rotatable bonds is 7. The molecule has 0 aliphatic heterocycles. The van der Waals surface area contributed by atoms with Crippen molar-refractivity contribution in [3.05, 3.63) is 83.8 Å². The molecule has 0 bridgehead atoms. The van der Waals surface area contributed by atoms with Gasteiger partial charge in [0, 0.05) is 35.0 Å². The van der Waals surface area contributed by atoms with Gasteiger partial charge in [-0.25, -0.2) is 9.97 Å². The molecule has 0 spiro atoms. The molecule has 0 saturated carbocycles. The van der Waals surface area contributed by atoms with Crippen LogP contribution in [-0.2, 0) is 18.3 Å². The van der Waals surface area contributed by atoms with Crippen molar-refractivity contribution in [2.24, 2.45) is 0 Å². The Balaban J connectivity index is 1.49. The van der Waals surface area contributed by atoms with Gasteiger partial charge in [-0.3, -0.25) is 0 Å². The first-order valence-electron chi connectivity index (χ1n) is 11.0. The summed E-state index contributed by atoms with van der Waals surface area (Å²) in [5, 5.41) is 21.6. The predicted molar refractivity (Wildman–Crippen MR) is 131 cm³/mol. The highest BCUT2D eigenvalue weighted by molar-refractivity contribution is 5.83. The topological polar surface area (TPSA) is 96.1 Å². The lowest BCUT2D eigenvalue weighted by Gasteiger charge is -2.13. The van der Waals surface area contributed by atoms with E-state index in [1.54, 1.807) is 12.4 Å². The number of anilines is 2. The van der Waals surface area contributed by atoms with Gasteiger partial charge in [0.2, 0.25) is 0 Å². The van der Waals surface area contributed by atoms with Crippen LogP contribution in [0.25, 0.3) is 10.9 Å². The van der Waals surface area contributed by atoms with E-state index >= 15 is 0 Å². The van der Waals surface area contributed by atoms with E-state index in [1.165, 1.54) is 0 Å². The monoisotopic (exact) mass is 443 g/mol. The van der Waals surface area contributed by atoms with Crippen LogP contribution in [0, 0.1) is 0 Å². The second-order valence-electron chi connectivity index (χ2n) is 9.10. The van der Waals surface area contributed by atoms with Crippen molar-refractivity contribution < 1.29 is 9.63 Å². The van der Waals surface area contributed by atoms with Gasteiger partial charge in [-0.1, -0.05) is 51.6 Å². The molecule has 170 valence electrons. The number of phenolic OH excluding ortho intramolecular Hbond substituents is 1. The van der Waals surface area contributed by atoms with Crippen molar-refractivity contribution in [2.75, 3.05) is 10.6 Å². The average Bonchev–Trinajstić information content (AvgIpc) is 3.22. The number of fused-ring (bicyclic) bond motifs is 1. The van der Waals surface area contributed by atoms with E-state index in [2.05, 4.69) is 65.2 Å². The molecule has 0 fully saturated rings. The first-order valence-corrected chi connectivity index (χ1v) is 11.0. The molecule has 0 radical (unpaired) electrons. The van der Waals surface area contributed by atoms with Crippen molar-refractivity contribution in [3.8, 4) is 5.75 Å². The first kappa shape index (κ1) is 22.3. The third kappa shape index (κ3) is 5.14. The molecule has 2 aromatic carbocycles. The van der Waals surface area contributed by atoms with E-state index in [-0.39, 0.29) is 11.2 Å². The molecule has 2 heterocycles. The minimum Gasteiger partial charge on any atom is -0.508 e. The predicted octanol–water partition coefficient (Wildman–Crippen LogP) is 5.77. The molecule has 2 aromatic heterocycles. The summed E-state index contributed by atoms with van der Waals surface area (Å²) in [6.45, 7) is 12.3. The minimum atomic E-state index is -0.113. The largest absolute Gasteiger partial charge is 0.508 e. The van der Waals surface area contributed by atoms with E-state index in [9.17, 15) is 5.11 Å². The molecule has 4 aromatic rings. The van der Waals surface area contributed by atoms with Gasteiger partial charge in [-0.05, 0) is 35.7 Å². The smallest absolute Gasteiger partial charge is 0.175 e. The molecule has 33 heavy (non-hydrogen) atoms. The molecule has 3 N–H and O–H groups in total. The summed E-state index contributed by atoms with van der Waals surface area (Å²) in [7, 11) is 0. The molecule has 0 unspecified atom stereocenters. The minimum absolute atomic E-state index is 0.113. The van der Waals surface area contributed by atoms with E-state index in [0.29, 0.717) is 18.1 Å². The third-order valence-electron chi connectivity index (χ3n) is 5.42. The molecular weight excluding hydrogens is 414 g/mol. The standard InChI is InChI=1S/C26H29N5O2/c1-6-18-12-20-21(27-15-28-22(20)13-23(18)32)11-17-8-7-9-19(10-17)29-16(2)30-25-14-24(33-31-25)26(3,4)5/h7-10,12-15,29,32H,2,6,11H2,1,3-5H3,(H,30,31). The number of benzene rings is 2. The molecule has 0 aliphatic carbocycles. The number of aromatic nitrogens is 3. The second-order valence-corrected chi connectivity index (χ2v) is 9.10. The Morgan fingerprint density at radius 1 is 1.09 bits per heavy atom. The number of hydrogen-bond donors (Lipinski definition) is 3. The fourth-order valence-electron chi connectivity index (χ4n) is 3.61. The van der Waals surface area contributed by atoms with Crippen LogP contribution >= 0.6 is 0 Å². The number of nitrogens with one attached hydrogen (secondary N) is 2. The first-order chi connectivity index (χ1) is 15.7.